The second-order valence-electron chi connectivity index (χ2n) is 4.33. The molecule has 0 radical (unpaired) electrons. The van der Waals surface area contributed by atoms with E-state index in [0.717, 1.165) is 18.8 Å². The SMILES string of the molecule is O=C(O)c1ccc(N2Cc3ccccc3C2)cn1. The number of pyridine rings is 1. The van der Waals surface area contributed by atoms with Crippen LogP contribution in [0.4, 0.5) is 5.69 Å². The van der Waals surface area contributed by atoms with Crippen molar-refractivity contribution in [2.45, 2.75) is 13.1 Å². The highest BCUT2D eigenvalue weighted by molar-refractivity contribution is 5.85. The predicted octanol–water partition coefficient (Wildman–Crippen LogP) is 2.30. The minimum absolute atomic E-state index is 0.0791. The van der Waals surface area contributed by atoms with E-state index in [1.807, 2.05) is 18.2 Å². The molecule has 0 saturated carbocycles. The number of rotatable bonds is 2. The molecule has 0 atom stereocenters. The van der Waals surface area contributed by atoms with Crippen molar-refractivity contribution in [3.8, 4) is 0 Å². The van der Waals surface area contributed by atoms with Gasteiger partial charge in [0, 0.05) is 13.1 Å². The molecule has 0 saturated heterocycles. The van der Waals surface area contributed by atoms with Crippen molar-refractivity contribution in [3.63, 3.8) is 0 Å². The molecule has 3 rings (SSSR count). The highest BCUT2D eigenvalue weighted by Crippen LogP contribution is 2.27. The van der Waals surface area contributed by atoms with Crippen molar-refractivity contribution in [3.05, 3.63) is 59.4 Å². The van der Waals surface area contributed by atoms with Gasteiger partial charge in [-0.2, -0.15) is 0 Å². The number of fused-ring (bicyclic) bond motifs is 1. The lowest BCUT2D eigenvalue weighted by molar-refractivity contribution is 0.0690. The molecule has 1 aliphatic rings. The van der Waals surface area contributed by atoms with Crippen molar-refractivity contribution in [1.29, 1.82) is 0 Å². The number of hydrogen-bond acceptors (Lipinski definition) is 3. The highest BCUT2D eigenvalue weighted by atomic mass is 16.4. The third-order valence-electron chi connectivity index (χ3n) is 3.17. The van der Waals surface area contributed by atoms with Gasteiger partial charge in [0.1, 0.15) is 5.69 Å². The quantitative estimate of drug-likeness (QED) is 0.875. The van der Waals surface area contributed by atoms with E-state index in [1.165, 1.54) is 11.1 Å². The van der Waals surface area contributed by atoms with E-state index < -0.39 is 5.97 Å². The predicted molar refractivity (Wildman–Crippen MR) is 67.5 cm³/mol. The molecule has 2 aromatic rings. The Hall–Kier alpha value is -2.36. The van der Waals surface area contributed by atoms with E-state index >= 15 is 0 Å². The number of benzene rings is 1. The maximum Gasteiger partial charge on any atom is 0.354 e. The molecule has 0 aliphatic carbocycles. The fourth-order valence-corrected chi connectivity index (χ4v) is 2.22. The summed E-state index contributed by atoms with van der Waals surface area (Å²) in [6, 6.07) is 11.7. The van der Waals surface area contributed by atoms with Crippen molar-refractivity contribution in [2.75, 3.05) is 4.90 Å². The van der Waals surface area contributed by atoms with Crippen LogP contribution < -0.4 is 4.90 Å². The minimum atomic E-state index is -0.994. The summed E-state index contributed by atoms with van der Waals surface area (Å²) in [6.45, 7) is 1.70. The lowest BCUT2D eigenvalue weighted by atomic mass is 10.1. The lowest BCUT2D eigenvalue weighted by Crippen LogP contribution is -2.15. The van der Waals surface area contributed by atoms with Crippen LogP contribution in [0.3, 0.4) is 0 Å². The Labute approximate surface area is 105 Å². The number of aromatic carboxylic acids is 1. The molecule has 4 nitrogen and oxygen atoms in total. The van der Waals surface area contributed by atoms with Crippen LogP contribution in [-0.2, 0) is 13.1 Å². The van der Waals surface area contributed by atoms with E-state index in [0.29, 0.717) is 0 Å². The van der Waals surface area contributed by atoms with E-state index in [2.05, 4.69) is 22.0 Å². The van der Waals surface area contributed by atoms with Crippen molar-refractivity contribution >= 4 is 11.7 Å². The van der Waals surface area contributed by atoms with Crippen molar-refractivity contribution in [1.82, 2.24) is 4.98 Å². The summed E-state index contributed by atoms with van der Waals surface area (Å²) in [7, 11) is 0. The first-order chi connectivity index (χ1) is 8.74. The molecular formula is C14H12N2O2. The number of carboxylic acids is 1. The van der Waals surface area contributed by atoms with Gasteiger partial charge in [-0.05, 0) is 23.3 Å². The summed E-state index contributed by atoms with van der Waals surface area (Å²) in [4.78, 5) is 16.9. The zero-order valence-electron chi connectivity index (χ0n) is 9.71. The van der Waals surface area contributed by atoms with Gasteiger partial charge in [0.05, 0.1) is 11.9 Å². The van der Waals surface area contributed by atoms with Crippen molar-refractivity contribution in [2.24, 2.45) is 0 Å². The highest BCUT2D eigenvalue weighted by Gasteiger charge is 2.18. The first-order valence-corrected chi connectivity index (χ1v) is 5.75. The molecule has 90 valence electrons. The Morgan fingerprint density at radius 3 is 2.28 bits per heavy atom. The fourth-order valence-electron chi connectivity index (χ4n) is 2.22. The molecule has 1 aliphatic heterocycles. The molecule has 1 aromatic heterocycles. The minimum Gasteiger partial charge on any atom is -0.477 e. The zero-order valence-corrected chi connectivity index (χ0v) is 9.71. The van der Waals surface area contributed by atoms with Crippen LogP contribution >= 0.6 is 0 Å². The van der Waals surface area contributed by atoms with Crippen LogP contribution in [0.2, 0.25) is 0 Å². The van der Waals surface area contributed by atoms with Gasteiger partial charge in [-0.3, -0.25) is 0 Å². The fraction of sp³-hybridized carbons (Fsp3) is 0.143. The van der Waals surface area contributed by atoms with Gasteiger partial charge >= 0.3 is 5.97 Å². The maximum atomic E-state index is 10.7. The standard InChI is InChI=1S/C14H12N2O2/c17-14(18)13-6-5-12(7-15-13)16-8-10-3-1-2-4-11(10)9-16/h1-7H,8-9H2,(H,17,18). The topological polar surface area (TPSA) is 53.4 Å². The van der Waals surface area contributed by atoms with Gasteiger partial charge in [-0.25, -0.2) is 9.78 Å². The Morgan fingerprint density at radius 2 is 1.78 bits per heavy atom. The van der Waals surface area contributed by atoms with Crippen LogP contribution in [0, 0.1) is 0 Å². The number of nitrogens with zero attached hydrogens (tertiary/aromatic N) is 2. The third kappa shape index (κ3) is 1.82. The first kappa shape index (κ1) is 10.8. The van der Waals surface area contributed by atoms with Gasteiger partial charge in [0.15, 0.2) is 0 Å². The molecule has 1 N–H and O–H groups in total. The maximum absolute atomic E-state index is 10.7. The summed E-state index contributed by atoms with van der Waals surface area (Å²) in [5, 5.41) is 8.81. The summed E-state index contributed by atoms with van der Waals surface area (Å²) in [6.07, 6.45) is 1.62. The Bertz CT molecular complexity index is 568. The first-order valence-electron chi connectivity index (χ1n) is 5.75. The van der Waals surface area contributed by atoms with Gasteiger partial charge < -0.3 is 10.0 Å². The lowest BCUT2D eigenvalue weighted by Gasteiger charge is -2.17. The van der Waals surface area contributed by atoms with Gasteiger partial charge in [0.2, 0.25) is 0 Å². The smallest absolute Gasteiger partial charge is 0.354 e. The Balaban J connectivity index is 1.84. The van der Waals surface area contributed by atoms with E-state index in [-0.39, 0.29) is 5.69 Å². The molecule has 0 fully saturated rings. The summed E-state index contributed by atoms with van der Waals surface area (Å²) >= 11 is 0. The van der Waals surface area contributed by atoms with Crippen LogP contribution in [0.5, 0.6) is 0 Å². The molecule has 1 aromatic carbocycles. The Morgan fingerprint density at radius 1 is 1.11 bits per heavy atom. The summed E-state index contributed by atoms with van der Waals surface area (Å²) < 4.78 is 0. The van der Waals surface area contributed by atoms with Crippen LogP contribution in [0.15, 0.2) is 42.6 Å². The van der Waals surface area contributed by atoms with E-state index in [4.69, 9.17) is 5.11 Å². The molecular weight excluding hydrogens is 228 g/mol. The summed E-state index contributed by atoms with van der Waals surface area (Å²) in [5.74, 6) is -0.994. The number of aromatic nitrogens is 1. The molecule has 0 spiro atoms. The van der Waals surface area contributed by atoms with Crippen LogP contribution in [0.1, 0.15) is 21.6 Å². The van der Waals surface area contributed by atoms with Crippen LogP contribution in [-0.4, -0.2) is 16.1 Å². The van der Waals surface area contributed by atoms with Gasteiger partial charge in [0.25, 0.3) is 0 Å². The number of anilines is 1. The molecule has 18 heavy (non-hydrogen) atoms. The Kier molecular flexibility index (Phi) is 2.48. The number of carbonyl (C=O) groups is 1. The van der Waals surface area contributed by atoms with Gasteiger partial charge in [-0.1, -0.05) is 24.3 Å². The van der Waals surface area contributed by atoms with Crippen molar-refractivity contribution < 1.29 is 9.90 Å². The van der Waals surface area contributed by atoms with Gasteiger partial charge in [-0.15, -0.1) is 0 Å². The summed E-state index contributed by atoms with van der Waals surface area (Å²) in [5.41, 5.74) is 3.67. The average Bonchev–Trinajstić information content (AvgIpc) is 2.82. The zero-order chi connectivity index (χ0) is 12.5. The molecule has 0 amide bonds. The number of hydrogen-bond donors (Lipinski definition) is 1. The van der Waals surface area contributed by atoms with E-state index in [1.54, 1.807) is 12.3 Å². The molecule has 0 bridgehead atoms. The number of carboxylic acid groups (broad SMARTS) is 1. The molecule has 4 heteroatoms. The third-order valence-corrected chi connectivity index (χ3v) is 3.17. The monoisotopic (exact) mass is 240 g/mol. The second kappa shape index (κ2) is 4.14. The average molecular weight is 240 g/mol. The largest absolute Gasteiger partial charge is 0.477 e. The normalized spacial score (nSPS) is 13.4. The second-order valence-corrected chi connectivity index (χ2v) is 4.33. The molecule has 2 heterocycles. The molecule has 0 unspecified atom stereocenters. The van der Waals surface area contributed by atoms with E-state index in [9.17, 15) is 4.79 Å². The van der Waals surface area contributed by atoms with Crippen LogP contribution in [0.25, 0.3) is 0 Å².